The zero-order valence-electron chi connectivity index (χ0n) is 8.96. The van der Waals surface area contributed by atoms with E-state index in [9.17, 15) is 18.0 Å². The van der Waals surface area contributed by atoms with Crippen LogP contribution in [0, 0.1) is 0 Å². The van der Waals surface area contributed by atoms with E-state index in [1.165, 1.54) is 12.1 Å². The average Bonchev–Trinajstić information content (AvgIpc) is 2.29. The Morgan fingerprint density at radius 3 is 2.39 bits per heavy atom. The molecule has 0 aromatic heterocycles. The maximum atomic E-state index is 12.8. The van der Waals surface area contributed by atoms with Crippen LogP contribution in [0.15, 0.2) is 40.5 Å². The van der Waals surface area contributed by atoms with Crippen molar-refractivity contribution in [2.45, 2.75) is 6.18 Å². The molecule has 1 aliphatic heterocycles. The molecule has 1 N–H and O–H groups in total. The molecule has 18 heavy (non-hydrogen) atoms. The van der Waals surface area contributed by atoms with Gasteiger partial charge in [0.05, 0.1) is 5.69 Å². The molecule has 0 saturated heterocycles. The van der Waals surface area contributed by atoms with Gasteiger partial charge < -0.3 is 5.32 Å². The molecule has 2 amide bonds. The molecule has 1 heterocycles. The standard InChI is InChI=1S/C11H8BrF3N2O/c12-7-1-3-8(4-2-7)17-9(11(13,14)15)5-6-16-10(17)18/h1-5H,6H2,(H,16,18). The van der Waals surface area contributed by atoms with Gasteiger partial charge in [-0.05, 0) is 30.3 Å². The lowest BCUT2D eigenvalue weighted by Crippen LogP contribution is -2.47. The van der Waals surface area contributed by atoms with Crippen LogP contribution in [0.1, 0.15) is 0 Å². The van der Waals surface area contributed by atoms with Crippen molar-refractivity contribution >= 4 is 27.6 Å². The predicted octanol–water partition coefficient (Wildman–Crippen LogP) is 3.42. The first-order valence-corrected chi connectivity index (χ1v) is 5.80. The van der Waals surface area contributed by atoms with E-state index in [1.807, 2.05) is 0 Å². The first-order valence-electron chi connectivity index (χ1n) is 5.00. The highest BCUT2D eigenvalue weighted by atomic mass is 79.9. The number of carbonyl (C=O) groups is 1. The molecule has 1 aromatic rings. The average molecular weight is 321 g/mol. The minimum Gasteiger partial charge on any atom is -0.334 e. The Morgan fingerprint density at radius 1 is 1.22 bits per heavy atom. The van der Waals surface area contributed by atoms with Crippen LogP contribution >= 0.6 is 15.9 Å². The van der Waals surface area contributed by atoms with E-state index in [1.54, 1.807) is 12.1 Å². The largest absolute Gasteiger partial charge is 0.431 e. The summed E-state index contributed by atoms with van der Waals surface area (Å²) >= 11 is 3.18. The summed E-state index contributed by atoms with van der Waals surface area (Å²) in [6, 6.07) is 5.24. The van der Waals surface area contributed by atoms with E-state index in [4.69, 9.17) is 0 Å². The second-order valence-corrected chi connectivity index (χ2v) is 4.50. The Hall–Kier alpha value is -1.50. The molecule has 3 nitrogen and oxygen atoms in total. The molecule has 7 heteroatoms. The molecular formula is C11H8BrF3N2O. The van der Waals surface area contributed by atoms with Crippen molar-refractivity contribution in [1.29, 1.82) is 0 Å². The van der Waals surface area contributed by atoms with Gasteiger partial charge in [-0.25, -0.2) is 4.79 Å². The Balaban J connectivity index is 2.44. The fourth-order valence-electron chi connectivity index (χ4n) is 1.60. The van der Waals surface area contributed by atoms with Gasteiger partial charge in [0.15, 0.2) is 0 Å². The highest BCUT2D eigenvalue weighted by Crippen LogP contribution is 2.33. The lowest BCUT2D eigenvalue weighted by Gasteiger charge is -2.30. The molecule has 0 spiro atoms. The summed E-state index contributed by atoms with van der Waals surface area (Å²) < 4.78 is 39.2. The van der Waals surface area contributed by atoms with E-state index >= 15 is 0 Å². The highest BCUT2D eigenvalue weighted by molar-refractivity contribution is 9.10. The van der Waals surface area contributed by atoms with Gasteiger partial charge in [-0.3, -0.25) is 4.90 Å². The van der Waals surface area contributed by atoms with E-state index in [-0.39, 0.29) is 12.2 Å². The lowest BCUT2D eigenvalue weighted by atomic mass is 10.2. The van der Waals surface area contributed by atoms with Crippen LogP contribution in [0.3, 0.4) is 0 Å². The molecule has 0 atom stereocenters. The minimum atomic E-state index is -4.56. The summed E-state index contributed by atoms with van der Waals surface area (Å²) in [7, 11) is 0. The number of amides is 2. The third-order valence-electron chi connectivity index (χ3n) is 2.37. The van der Waals surface area contributed by atoms with Crippen molar-refractivity contribution in [1.82, 2.24) is 5.32 Å². The van der Waals surface area contributed by atoms with Crippen molar-refractivity contribution in [2.75, 3.05) is 11.4 Å². The van der Waals surface area contributed by atoms with Crippen LogP contribution in [0.25, 0.3) is 0 Å². The summed E-state index contributed by atoms with van der Waals surface area (Å²) in [5.41, 5.74) is -0.799. The third kappa shape index (κ3) is 2.50. The molecule has 0 radical (unpaired) electrons. The maximum Gasteiger partial charge on any atom is 0.431 e. The van der Waals surface area contributed by atoms with Gasteiger partial charge in [0.1, 0.15) is 5.70 Å². The fourth-order valence-corrected chi connectivity index (χ4v) is 1.87. The van der Waals surface area contributed by atoms with Gasteiger partial charge >= 0.3 is 12.2 Å². The number of urea groups is 1. The van der Waals surface area contributed by atoms with E-state index < -0.39 is 17.9 Å². The van der Waals surface area contributed by atoms with Crippen LogP contribution in [0.4, 0.5) is 23.7 Å². The van der Waals surface area contributed by atoms with Crippen LogP contribution in [0.5, 0.6) is 0 Å². The summed E-state index contributed by atoms with van der Waals surface area (Å²) in [4.78, 5) is 12.2. The molecule has 0 bridgehead atoms. The molecule has 0 saturated carbocycles. The first kappa shape index (κ1) is 12.9. The third-order valence-corrected chi connectivity index (χ3v) is 2.90. The molecule has 0 fully saturated rings. The number of anilines is 1. The molecule has 96 valence electrons. The number of nitrogens with one attached hydrogen (secondary N) is 1. The van der Waals surface area contributed by atoms with Crippen LogP contribution in [-0.2, 0) is 0 Å². The zero-order valence-corrected chi connectivity index (χ0v) is 10.5. The maximum absolute atomic E-state index is 12.8. The summed E-state index contributed by atoms with van der Waals surface area (Å²) in [5, 5.41) is 2.35. The Labute approximate surface area is 109 Å². The van der Waals surface area contributed by atoms with E-state index in [0.29, 0.717) is 4.90 Å². The van der Waals surface area contributed by atoms with Crippen molar-refractivity contribution in [2.24, 2.45) is 0 Å². The van der Waals surface area contributed by atoms with E-state index in [0.717, 1.165) is 10.5 Å². The van der Waals surface area contributed by atoms with Crippen molar-refractivity contribution < 1.29 is 18.0 Å². The van der Waals surface area contributed by atoms with Gasteiger partial charge in [0, 0.05) is 11.0 Å². The van der Waals surface area contributed by atoms with Gasteiger partial charge in [-0.15, -0.1) is 0 Å². The topological polar surface area (TPSA) is 32.3 Å². The fraction of sp³-hybridized carbons (Fsp3) is 0.182. The SMILES string of the molecule is O=C1NCC=C(C(F)(F)F)N1c1ccc(Br)cc1. The number of alkyl halides is 3. The Kier molecular flexibility index (Phi) is 3.34. The molecule has 1 aliphatic rings. The number of rotatable bonds is 1. The van der Waals surface area contributed by atoms with Crippen molar-refractivity contribution in [3.63, 3.8) is 0 Å². The van der Waals surface area contributed by atoms with E-state index in [2.05, 4.69) is 21.2 Å². The summed E-state index contributed by atoms with van der Waals surface area (Å²) in [5.74, 6) is 0. The molecule has 1 aromatic carbocycles. The number of nitrogens with zero attached hydrogens (tertiary/aromatic N) is 1. The van der Waals surface area contributed by atoms with Gasteiger partial charge in [0.25, 0.3) is 0 Å². The summed E-state index contributed by atoms with van der Waals surface area (Å²) in [6.07, 6.45) is -3.62. The molecule has 0 unspecified atom stereocenters. The monoisotopic (exact) mass is 320 g/mol. The first-order chi connectivity index (χ1) is 8.39. The van der Waals surface area contributed by atoms with Crippen LogP contribution < -0.4 is 10.2 Å². The number of carbonyl (C=O) groups excluding carboxylic acids is 1. The molecular weight excluding hydrogens is 313 g/mol. The van der Waals surface area contributed by atoms with Crippen molar-refractivity contribution in [3.05, 3.63) is 40.5 Å². The number of allylic oxidation sites excluding steroid dienone is 1. The Bertz CT molecular complexity index is 496. The minimum absolute atomic E-state index is 0.124. The van der Waals surface area contributed by atoms with Crippen LogP contribution in [-0.4, -0.2) is 18.8 Å². The second kappa shape index (κ2) is 4.64. The second-order valence-electron chi connectivity index (χ2n) is 3.59. The molecule has 0 aliphatic carbocycles. The smallest absolute Gasteiger partial charge is 0.334 e. The lowest BCUT2D eigenvalue weighted by molar-refractivity contribution is -0.0931. The van der Waals surface area contributed by atoms with Gasteiger partial charge in [-0.1, -0.05) is 15.9 Å². The van der Waals surface area contributed by atoms with Gasteiger partial charge in [0.2, 0.25) is 0 Å². The van der Waals surface area contributed by atoms with Gasteiger partial charge in [-0.2, -0.15) is 13.2 Å². The zero-order chi connectivity index (χ0) is 13.3. The van der Waals surface area contributed by atoms with Crippen LogP contribution in [0.2, 0.25) is 0 Å². The highest BCUT2D eigenvalue weighted by Gasteiger charge is 2.42. The Morgan fingerprint density at radius 2 is 1.83 bits per heavy atom. The normalized spacial score (nSPS) is 16.3. The molecule has 2 rings (SSSR count). The number of halogens is 4. The number of hydrogen-bond donors (Lipinski definition) is 1. The predicted molar refractivity (Wildman–Crippen MR) is 64.2 cm³/mol. The quantitative estimate of drug-likeness (QED) is 0.844. The summed E-state index contributed by atoms with van der Waals surface area (Å²) in [6.45, 7) is -0.124. The van der Waals surface area contributed by atoms with Crippen molar-refractivity contribution in [3.8, 4) is 0 Å². The number of benzene rings is 1. The number of hydrogen-bond acceptors (Lipinski definition) is 1.